The van der Waals surface area contributed by atoms with Gasteiger partial charge in [0.1, 0.15) is 5.58 Å². The Balaban J connectivity index is 2.24. The van der Waals surface area contributed by atoms with Crippen molar-refractivity contribution in [2.24, 2.45) is 0 Å². The number of nitrogens with one attached hydrogen (secondary N) is 1. The molecule has 0 unspecified atom stereocenters. The molecule has 0 saturated heterocycles. The van der Waals surface area contributed by atoms with Crippen molar-refractivity contribution < 1.29 is 14.3 Å². The Morgan fingerprint density at radius 1 is 1.29 bits per heavy atom. The average molecular weight is 289 g/mol. The molecule has 0 fully saturated rings. The van der Waals surface area contributed by atoms with Gasteiger partial charge in [-0.2, -0.15) is 0 Å². The second kappa shape index (κ2) is 5.90. The summed E-state index contributed by atoms with van der Waals surface area (Å²) in [4.78, 5) is 12.3. The van der Waals surface area contributed by atoms with E-state index in [0.29, 0.717) is 18.6 Å². The number of furan rings is 1. The SMILES string of the molecule is CCC(O)(CC)CNC(=O)c1oc2c(C)cccc2c1C. The molecular weight excluding hydrogens is 266 g/mol. The van der Waals surface area contributed by atoms with Crippen LogP contribution in [-0.4, -0.2) is 23.2 Å². The van der Waals surface area contributed by atoms with E-state index in [4.69, 9.17) is 4.42 Å². The summed E-state index contributed by atoms with van der Waals surface area (Å²) in [6.07, 6.45) is 1.20. The molecule has 0 aliphatic carbocycles. The minimum atomic E-state index is -0.856. The van der Waals surface area contributed by atoms with E-state index in [1.807, 2.05) is 45.9 Å². The Kier molecular flexibility index (Phi) is 4.37. The molecule has 0 aliphatic heterocycles. The zero-order chi connectivity index (χ0) is 15.6. The number of rotatable bonds is 5. The first kappa shape index (κ1) is 15.6. The van der Waals surface area contributed by atoms with Gasteiger partial charge < -0.3 is 14.8 Å². The highest BCUT2D eigenvalue weighted by Gasteiger charge is 2.25. The normalized spacial score (nSPS) is 11.9. The maximum Gasteiger partial charge on any atom is 0.287 e. The van der Waals surface area contributed by atoms with Crippen LogP contribution in [0.3, 0.4) is 0 Å². The van der Waals surface area contributed by atoms with E-state index in [1.54, 1.807) is 0 Å². The van der Waals surface area contributed by atoms with E-state index < -0.39 is 5.60 Å². The van der Waals surface area contributed by atoms with E-state index in [2.05, 4.69) is 5.32 Å². The molecule has 0 spiro atoms. The molecule has 0 aliphatic rings. The quantitative estimate of drug-likeness (QED) is 0.887. The minimum Gasteiger partial charge on any atom is -0.450 e. The third-order valence-electron chi connectivity index (χ3n) is 4.26. The lowest BCUT2D eigenvalue weighted by atomic mass is 9.97. The molecule has 0 atom stereocenters. The van der Waals surface area contributed by atoms with Crippen molar-refractivity contribution in [1.82, 2.24) is 5.32 Å². The second-order valence-corrected chi connectivity index (χ2v) is 5.62. The van der Waals surface area contributed by atoms with Crippen LogP contribution in [0, 0.1) is 13.8 Å². The Bertz CT molecular complexity index is 653. The number of fused-ring (bicyclic) bond motifs is 1. The predicted molar refractivity (Wildman–Crippen MR) is 83.6 cm³/mol. The first-order valence-electron chi connectivity index (χ1n) is 7.41. The molecule has 1 aromatic heterocycles. The standard InChI is InChI=1S/C17H23NO3/c1-5-17(20,6-2)10-18-16(19)15-12(4)13-9-7-8-11(3)14(13)21-15/h7-9,20H,5-6,10H2,1-4H3,(H,18,19). The van der Waals surface area contributed by atoms with Gasteiger partial charge in [-0.05, 0) is 32.3 Å². The van der Waals surface area contributed by atoms with Crippen molar-refractivity contribution >= 4 is 16.9 Å². The zero-order valence-corrected chi connectivity index (χ0v) is 13.1. The lowest BCUT2D eigenvalue weighted by molar-refractivity contribution is 0.0310. The molecular formula is C17H23NO3. The number of carbonyl (C=O) groups excluding carboxylic acids is 1. The summed E-state index contributed by atoms with van der Waals surface area (Å²) in [6.45, 7) is 7.89. The maximum atomic E-state index is 12.3. The lowest BCUT2D eigenvalue weighted by Gasteiger charge is -2.25. The van der Waals surface area contributed by atoms with Crippen molar-refractivity contribution in [2.45, 2.75) is 46.1 Å². The number of aliphatic hydroxyl groups is 1. The number of aryl methyl sites for hydroxylation is 2. The minimum absolute atomic E-state index is 0.230. The van der Waals surface area contributed by atoms with Gasteiger partial charge in [0.2, 0.25) is 0 Å². The summed E-state index contributed by atoms with van der Waals surface area (Å²) in [5.74, 6) is 0.0530. The Hall–Kier alpha value is -1.81. The van der Waals surface area contributed by atoms with Crippen molar-refractivity contribution in [2.75, 3.05) is 6.54 Å². The molecule has 1 heterocycles. The van der Waals surface area contributed by atoms with Crippen LogP contribution in [0.1, 0.15) is 48.4 Å². The topological polar surface area (TPSA) is 62.5 Å². The monoisotopic (exact) mass is 289 g/mol. The molecule has 4 nitrogen and oxygen atoms in total. The first-order valence-corrected chi connectivity index (χ1v) is 7.41. The third kappa shape index (κ3) is 2.95. The Morgan fingerprint density at radius 2 is 1.95 bits per heavy atom. The van der Waals surface area contributed by atoms with E-state index >= 15 is 0 Å². The van der Waals surface area contributed by atoms with Gasteiger partial charge in [0.05, 0.1) is 5.60 Å². The number of carbonyl (C=O) groups is 1. The highest BCUT2D eigenvalue weighted by atomic mass is 16.3. The summed E-state index contributed by atoms with van der Waals surface area (Å²) >= 11 is 0. The van der Waals surface area contributed by atoms with E-state index in [-0.39, 0.29) is 12.5 Å². The summed E-state index contributed by atoms with van der Waals surface area (Å²) in [6, 6.07) is 5.86. The highest BCUT2D eigenvalue weighted by Crippen LogP contribution is 2.27. The van der Waals surface area contributed by atoms with Crippen molar-refractivity contribution in [3.05, 3.63) is 35.1 Å². The van der Waals surface area contributed by atoms with E-state index in [9.17, 15) is 9.90 Å². The number of amides is 1. The second-order valence-electron chi connectivity index (χ2n) is 5.62. The van der Waals surface area contributed by atoms with Crippen LogP contribution >= 0.6 is 0 Å². The predicted octanol–water partition coefficient (Wildman–Crippen LogP) is 3.33. The highest BCUT2D eigenvalue weighted by molar-refractivity contribution is 5.99. The summed E-state index contributed by atoms with van der Waals surface area (Å²) < 4.78 is 5.73. The number of para-hydroxylation sites is 1. The molecule has 114 valence electrons. The first-order chi connectivity index (χ1) is 9.91. The van der Waals surface area contributed by atoms with Crippen molar-refractivity contribution in [3.63, 3.8) is 0 Å². The largest absolute Gasteiger partial charge is 0.450 e. The summed E-state index contributed by atoms with van der Waals surface area (Å²) in [5, 5.41) is 14.0. The number of hydrogen-bond donors (Lipinski definition) is 2. The van der Waals surface area contributed by atoms with Gasteiger partial charge in [0.15, 0.2) is 5.76 Å². The van der Waals surface area contributed by atoms with E-state index in [0.717, 1.165) is 22.1 Å². The van der Waals surface area contributed by atoms with Gasteiger partial charge in [0.25, 0.3) is 5.91 Å². The fourth-order valence-corrected chi connectivity index (χ4v) is 2.43. The van der Waals surface area contributed by atoms with Crippen LogP contribution in [0.2, 0.25) is 0 Å². The molecule has 2 rings (SSSR count). The van der Waals surface area contributed by atoms with Gasteiger partial charge in [-0.1, -0.05) is 32.0 Å². The smallest absolute Gasteiger partial charge is 0.287 e. The molecule has 21 heavy (non-hydrogen) atoms. The maximum absolute atomic E-state index is 12.3. The molecule has 4 heteroatoms. The molecule has 2 aromatic rings. The van der Waals surface area contributed by atoms with Crippen LogP contribution < -0.4 is 5.32 Å². The van der Waals surface area contributed by atoms with Crippen LogP contribution in [0.5, 0.6) is 0 Å². The molecule has 0 bridgehead atoms. The Labute approximate surface area is 125 Å². The lowest BCUT2D eigenvalue weighted by Crippen LogP contribution is -2.42. The average Bonchev–Trinajstić information content (AvgIpc) is 2.83. The summed E-state index contributed by atoms with van der Waals surface area (Å²) in [5.41, 5.74) is 1.74. The molecule has 1 amide bonds. The number of hydrogen-bond acceptors (Lipinski definition) is 3. The van der Waals surface area contributed by atoms with Crippen molar-refractivity contribution in [3.8, 4) is 0 Å². The van der Waals surface area contributed by atoms with Crippen LogP contribution in [-0.2, 0) is 0 Å². The fraction of sp³-hybridized carbons (Fsp3) is 0.471. The van der Waals surface area contributed by atoms with Gasteiger partial charge in [-0.15, -0.1) is 0 Å². The van der Waals surface area contributed by atoms with Crippen molar-refractivity contribution in [1.29, 1.82) is 0 Å². The fourth-order valence-electron chi connectivity index (χ4n) is 2.43. The van der Waals surface area contributed by atoms with Crippen LogP contribution in [0.25, 0.3) is 11.0 Å². The van der Waals surface area contributed by atoms with Gasteiger partial charge in [-0.25, -0.2) is 0 Å². The molecule has 0 saturated carbocycles. The van der Waals surface area contributed by atoms with Crippen LogP contribution in [0.4, 0.5) is 0 Å². The Morgan fingerprint density at radius 3 is 2.52 bits per heavy atom. The van der Waals surface area contributed by atoms with Gasteiger partial charge in [-0.3, -0.25) is 4.79 Å². The van der Waals surface area contributed by atoms with Crippen LogP contribution in [0.15, 0.2) is 22.6 Å². The molecule has 2 N–H and O–H groups in total. The molecule has 1 aromatic carbocycles. The molecule has 0 radical (unpaired) electrons. The number of benzene rings is 1. The van der Waals surface area contributed by atoms with Gasteiger partial charge in [0, 0.05) is 17.5 Å². The zero-order valence-electron chi connectivity index (χ0n) is 13.1. The third-order valence-corrected chi connectivity index (χ3v) is 4.26. The van der Waals surface area contributed by atoms with Gasteiger partial charge >= 0.3 is 0 Å². The summed E-state index contributed by atoms with van der Waals surface area (Å²) in [7, 11) is 0. The van der Waals surface area contributed by atoms with E-state index in [1.165, 1.54) is 0 Å².